The normalized spacial score (nSPS) is 15.6. The smallest absolute Gasteiger partial charge is 0.163 e. The number of hydrogen-bond acceptors (Lipinski definition) is 4. The lowest BCUT2D eigenvalue weighted by molar-refractivity contribution is 1.04. The lowest BCUT2D eigenvalue weighted by atomic mass is 10.4. The van der Waals surface area contributed by atoms with Gasteiger partial charge in [0.05, 0.1) is 5.69 Å². The van der Waals surface area contributed by atoms with Crippen LogP contribution < -0.4 is 10.6 Å². The Balaban J connectivity index is 2.39. The average Bonchev–Trinajstić information content (AvgIpc) is 2.33. The summed E-state index contributed by atoms with van der Waals surface area (Å²) in [5.74, 6) is 1.01. The standard InChI is InChI=1S/C5H7N3S/c1-2-7-5-4(6-1)3-9-8-5/h3,6H,1-2H2,(H,7,8). The minimum Gasteiger partial charge on any atom is -0.380 e. The first kappa shape index (κ1) is 5.05. The molecule has 2 rings (SSSR count). The molecule has 0 saturated carbocycles. The van der Waals surface area contributed by atoms with Crippen LogP contribution in [0.2, 0.25) is 0 Å². The summed E-state index contributed by atoms with van der Waals surface area (Å²) in [4.78, 5) is 0. The summed E-state index contributed by atoms with van der Waals surface area (Å²) < 4.78 is 4.12. The van der Waals surface area contributed by atoms with Gasteiger partial charge in [0.15, 0.2) is 5.82 Å². The van der Waals surface area contributed by atoms with E-state index in [1.807, 2.05) is 5.38 Å². The maximum Gasteiger partial charge on any atom is 0.163 e. The van der Waals surface area contributed by atoms with Crippen molar-refractivity contribution in [2.75, 3.05) is 23.7 Å². The summed E-state index contributed by atoms with van der Waals surface area (Å²) in [7, 11) is 0. The molecule has 1 aliphatic rings. The molecule has 3 nitrogen and oxygen atoms in total. The highest BCUT2D eigenvalue weighted by Gasteiger charge is 2.07. The van der Waals surface area contributed by atoms with Gasteiger partial charge in [0, 0.05) is 18.5 Å². The highest BCUT2D eigenvalue weighted by Crippen LogP contribution is 2.23. The van der Waals surface area contributed by atoms with E-state index in [1.54, 1.807) is 0 Å². The van der Waals surface area contributed by atoms with Gasteiger partial charge in [-0.25, -0.2) is 0 Å². The highest BCUT2D eigenvalue weighted by molar-refractivity contribution is 7.04. The van der Waals surface area contributed by atoms with Gasteiger partial charge >= 0.3 is 0 Å². The molecule has 0 spiro atoms. The van der Waals surface area contributed by atoms with Crippen molar-refractivity contribution in [1.82, 2.24) is 4.37 Å². The Kier molecular flexibility index (Phi) is 1.05. The molecule has 1 aromatic rings. The van der Waals surface area contributed by atoms with Crippen LogP contribution in [0, 0.1) is 0 Å². The first-order valence-corrected chi connectivity index (χ1v) is 3.72. The third-order valence-electron chi connectivity index (χ3n) is 1.30. The minimum absolute atomic E-state index is 0.983. The van der Waals surface area contributed by atoms with Gasteiger partial charge in [0.2, 0.25) is 0 Å². The number of nitrogens with zero attached hydrogens (tertiary/aromatic N) is 1. The van der Waals surface area contributed by atoms with Crippen LogP contribution in [0.5, 0.6) is 0 Å². The van der Waals surface area contributed by atoms with Crippen molar-refractivity contribution in [2.45, 2.75) is 0 Å². The van der Waals surface area contributed by atoms with Crippen molar-refractivity contribution >= 4 is 23.0 Å². The van der Waals surface area contributed by atoms with E-state index in [9.17, 15) is 0 Å². The van der Waals surface area contributed by atoms with E-state index in [4.69, 9.17) is 0 Å². The highest BCUT2D eigenvalue weighted by atomic mass is 32.1. The van der Waals surface area contributed by atoms with Crippen LogP contribution in [-0.4, -0.2) is 17.5 Å². The Morgan fingerprint density at radius 3 is 3.22 bits per heavy atom. The van der Waals surface area contributed by atoms with Gasteiger partial charge in [0.1, 0.15) is 0 Å². The number of fused-ring (bicyclic) bond motifs is 1. The lowest BCUT2D eigenvalue weighted by Gasteiger charge is -2.13. The van der Waals surface area contributed by atoms with Crippen molar-refractivity contribution in [1.29, 1.82) is 0 Å². The fraction of sp³-hybridized carbons (Fsp3) is 0.400. The Morgan fingerprint density at radius 1 is 1.44 bits per heavy atom. The molecule has 2 heterocycles. The zero-order chi connectivity index (χ0) is 6.10. The predicted molar refractivity (Wildman–Crippen MR) is 39.1 cm³/mol. The molecule has 0 radical (unpaired) electrons. The van der Waals surface area contributed by atoms with Gasteiger partial charge in [0.25, 0.3) is 0 Å². The van der Waals surface area contributed by atoms with Gasteiger partial charge in [-0.05, 0) is 11.5 Å². The number of rotatable bonds is 0. The second-order valence-corrected chi connectivity index (χ2v) is 2.56. The average molecular weight is 141 g/mol. The maximum absolute atomic E-state index is 4.12. The fourth-order valence-electron chi connectivity index (χ4n) is 0.868. The number of aromatic nitrogens is 1. The van der Waals surface area contributed by atoms with E-state index < -0.39 is 0 Å². The van der Waals surface area contributed by atoms with E-state index in [0.717, 1.165) is 24.6 Å². The van der Waals surface area contributed by atoms with Crippen molar-refractivity contribution in [2.24, 2.45) is 0 Å². The quantitative estimate of drug-likeness (QED) is 0.565. The van der Waals surface area contributed by atoms with Crippen molar-refractivity contribution in [3.8, 4) is 0 Å². The molecule has 0 aromatic carbocycles. The zero-order valence-electron chi connectivity index (χ0n) is 4.85. The van der Waals surface area contributed by atoms with Gasteiger partial charge < -0.3 is 10.6 Å². The van der Waals surface area contributed by atoms with Gasteiger partial charge in [-0.3, -0.25) is 0 Å². The molecule has 9 heavy (non-hydrogen) atoms. The second kappa shape index (κ2) is 1.88. The SMILES string of the molecule is c1snc2c1NCCN2. The molecule has 48 valence electrons. The van der Waals surface area contributed by atoms with Crippen LogP contribution in [0.4, 0.5) is 11.5 Å². The number of hydrogen-bond donors (Lipinski definition) is 2. The predicted octanol–water partition coefficient (Wildman–Crippen LogP) is 0.980. The van der Waals surface area contributed by atoms with Gasteiger partial charge in [-0.2, -0.15) is 4.37 Å². The molecule has 0 atom stereocenters. The van der Waals surface area contributed by atoms with E-state index in [1.165, 1.54) is 11.5 Å². The Bertz CT molecular complexity index is 187. The molecule has 2 N–H and O–H groups in total. The van der Waals surface area contributed by atoms with Crippen molar-refractivity contribution in [3.63, 3.8) is 0 Å². The summed E-state index contributed by atoms with van der Waals surface area (Å²) in [5, 5.41) is 8.42. The lowest BCUT2D eigenvalue weighted by Crippen LogP contribution is -2.19. The zero-order valence-corrected chi connectivity index (χ0v) is 5.66. The first-order valence-electron chi connectivity index (χ1n) is 2.89. The van der Waals surface area contributed by atoms with Crippen LogP contribution in [0.3, 0.4) is 0 Å². The molecule has 0 unspecified atom stereocenters. The van der Waals surface area contributed by atoms with E-state index in [0.29, 0.717) is 0 Å². The van der Waals surface area contributed by atoms with Gasteiger partial charge in [-0.15, -0.1) is 0 Å². The number of anilines is 2. The Hall–Kier alpha value is -0.770. The monoisotopic (exact) mass is 141 g/mol. The molecule has 0 bridgehead atoms. The summed E-state index contributed by atoms with van der Waals surface area (Å²) in [6.45, 7) is 1.99. The van der Waals surface area contributed by atoms with Crippen LogP contribution >= 0.6 is 11.5 Å². The molecular weight excluding hydrogens is 134 g/mol. The van der Waals surface area contributed by atoms with Crippen LogP contribution in [0.15, 0.2) is 5.38 Å². The van der Waals surface area contributed by atoms with Crippen molar-refractivity contribution < 1.29 is 0 Å². The van der Waals surface area contributed by atoms with Crippen LogP contribution in [-0.2, 0) is 0 Å². The van der Waals surface area contributed by atoms with Crippen molar-refractivity contribution in [3.05, 3.63) is 5.38 Å². The van der Waals surface area contributed by atoms with Crippen LogP contribution in [0.1, 0.15) is 0 Å². The molecule has 0 saturated heterocycles. The van der Waals surface area contributed by atoms with E-state index in [-0.39, 0.29) is 0 Å². The topological polar surface area (TPSA) is 37.0 Å². The maximum atomic E-state index is 4.12. The Morgan fingerprint density at radius 2 is 2.33 bits per heavy atom. The molecule has 1 aromatic heterocycles. The summed E-state index contributed by atoms with van der Waals surface area (Å²) in [5.41, 5.74) is 1.14. The largest absolute Gasteiger partial charge is 0.380 e. The number of nitrogens with one attached hydrogen (secondary N) is 2. The molecular formula is C5H7N3S. The Labute approximate surface area is 57.3 Å². The summed E-state index contributed by atoms with van der Waals surface area (Å²) in [6, 6.07) is 0. The molecule has 4 heteroatoms. The fourth-order valence-corrected chi connectivity index (χ4v) is 1.49. The molecule has 0 aliphatic carbocycles. The third kappa shape index (κ3) is 0.751. The summed E-state index contributed by atoms with van der Waals surface area (Å²) >= 11 is 1.48. The van der Waals surface area contributed by atoms with E-state index >= 15 is 0 Å². The second-order valence-electron chi connectivity index (χ2n) is 1.93. The van der Waals surface area contributed by atoms with Gasteiger partial charge in [-0.1, -0.05) is 0 Å². The molecule has 1 aliphatic heterocycles. The minimum atomic E-state index is 0.983. The molecule has 0 amide bonds. The first-order chi connectivity index (χ1) is 4.47. The summed E-state index contributed by atoms with van der Waals surface area (Å²) in [6.07, 6.45) is 0. The van der Waals surface area contributed by atoms with E-state index in [2.05, 4.69) is 15.0 Å². The third-order valence-corrected chi connectivity index (χ3v) is 1.93. The molecule has 0 fully saturated rings. The van der Waals surface area contributed by atoms with Crippen LogP contribution in [0.25, 0.3) is 0 Å².